The van der Waals surface area contributed by atoms with Crippen LogP contribution in [-0.4, -0.2) is 30.0 Å². The minimum absolute atomic E-state index is 0.0710. The molecule has 1 aromatic rings. The predicted molar refractivity (Wildman–Crippen MR) is 74.9 cm³/mol. The van der Waals surface area contributed by atoms with E-state index in [-0.39, 0.29) is 5.91 Å². The van der Waals surface area contributed by atoms with Crippen molar-refractivity contribution in [3.05, 3.63) is 30.1 Å². The molecule has 1 aliphatic carbocycles. The largest absolute Gasteiger partial charge is 0.350 e. The van der Waals surface area contributed by atoms with Gasteiger partial charge in [-0.25, -0.2) is 0 Å². The van der Waals surface area contributed by atoms with E-state index in [4.69, 9.17) is 0 Å². The minimum Gasteiger partial charge on any atom is -0.350 e. The lowest BCUT2D eigenvalue weighted by molar-refractivity contribution is -0.691. The SMILES string of the molecule is O=C(NCCC[NH2+]C1CCCCC1)c1ccccn1. The zero-order valence-electron chi connectivity index (χ0n) is 11.5. The highest BCUT2D eigenvalue weighted by atomic mass is 16.1. The molecule has 0 aromatic carbocycles. The van der Waals surface area contributed by atoms with Crippen molar-refractivity contribution >= 4 is 5.91 Å². The van der Waals surface area contributed by atoms with Gasteiger partial charge in [0, 0.05) is 19.2 Å². The highest BCUT2D eigenvalue weighted by Gasteiger charge is 2.15. The van der Waals surface area contributed by atoms with Gasteiger partial charge >= 0.3 is 0 Å². The van der Waals surface area contributed by atoms with Gasteiger partial charge in [-0.1, -0.05) is 12.5 Å². The zero-order valence-corrected chi connectivity index (χ0v) is 11.5. The van der Waals surface area contributed by atoms with E-state index in [2.05, 4.69) is 15.6 Å². The van der Waals surface area contributed by atoms with Gasteiger partial charge in [-0.15, -0.1) is 0 Å². The number of nitrogens with zero attached hydrogens (tertiary/aromatic N) is 1. The summed E-state index contributed by atoms with van der Waals surface area (Å²) in [4.78, 5) is 15.8. The molecule has 0 aliphatic heterocycles. The maximum absolute atomic E-state index is 11.7. The third kappa shape index (κ3) is 4.99. The van der Waals surface area contributed by atoms with Gasteiger partial charge in [0.25, 0.3) is 5.91 Å². The molecule has 19 heavy (non-hydrogen) atoms. The molecule has 1 heterocycles. The summed E-state index contributed by atoms with van der Waals surface area (Å²) in [5, 5.41) is 5.37. The highest BCUT2D eigenvalue weighted by Crippen LogP contribution is 2.14. The number of carbonyl (C=O) groups excluding carboxylic acids is 1. The average molecular weight is 262 g/mol. The Labute approximate surface area is 115 Å². The van der Waals surface area contributed by atoms with Crippen LogP contribution in [0.2, 0.25) is 0 Å². The smallest absolute Gasteiger partial charge is 0.269 e. The Morgan fingerprint density at radius 2 is 2.16 bits per heavy atom. The molecule has 3 N–H and O–H groups in total. The van der Waals surface area contributed by atoms with Gasteiger partial charge in [-0.3, -0.25) is 9.78 Å². The minimum atomic E-state index is -0.0710. The normalized spacial score (nSPS) is 16.2. The summed E-state index contributed by atoms with van der Waals surface area (Å²) >= 11 is 0. The van der Waals surface area contributed by atoms with Gasteiger partial charge in [0.1, 0.15) is 5.69 Å². The predicted octanol–water partition coefficient (Wildman–Crippen LogP) is 1.10. The van der Waals surface area contributed by atoms with Gasteiger partial charge in [0.05, 0.1) is 12.6 Å². The van der Waals surface area contributed by atoms with E-state index >= 15 is 0 Å². The molecule has 1 saturated carbocycles. The average Bonchev–Trinajstić information content (AvgIpc) is 2.49. The van der Waals surface area contributed by atoms with Crippen molar-refractivity contribution in [2.24, 2.45) is 0 Å². The lowest BCUT2D eigenvalue weighted by Gasteiger charge is -2.19. The van der Waals surface area contributed by atoms with Crippen molar-refractivity contribution in [2.75, 3.05) is 13.1 Å². The van der Waals surface area contributed by atoms with E-state index < -0.39 is 0 Å². The maximum atomic E-state index is 11.7. The highest BCUT2D eigenvalue weighted by molar-refractivity contribution is 5.92. The number of quaternary nitrogens is 1. The molecule has 0 unspecified atom stereocenters. The molecule has 4 heteroatoms. The molecule has 104 valence electrons. The van der Waals surface area contributed by atoms with Crippen molar-refractivity contribution in [2.45, 2.75) is 44.6 Å². The summed E-state index contributed by atoms with van der Waals surface area (Å²) in [6.45, 7) is 1.84. The number of aromatic nitrogens is 1. The van der Waals surface area contributed by atoms with Crippen molar-refractivity contribution in [3.63, 3.8) is 0 Å². The number of hydrogen-bond donors (Lipinski definition) is 2. The van der Waals surface area contributed by atoms with Crippen LogP contribution in [0.15, 0.2) is 24.4 Å². The van der Waals surface area contributed by atoms with Crippen LogP contribution in [0, 0.1) is 0 Å². The van der Waals surface area contributed by atoms with Crippen LogP contribution < -0.4 is 10.6 Å². The summed E-state index contributed by atoms with van der Waals surface area (Å²) < 4.78 is 0. The molecule has 2 rings (SSSR count). The summed E-state index contributed by atoms with van der Waals surface area (Å²) in [5.41, 5.74) is 0.499. The van der Waals surface area contributed by atoms with Crippen LogP contribution in [-0.2, 0) is 0 Å². The first kappa shape index (κ1) is 14.0. The monoisotopic (exact) mass is 262 g/mol. The molecular formula is C15H24N3O+. The number of nitrogens with two attached hydrogens (primary N) is 1. The summed E-state index contributed by atoms with van der Waals surface area (Å²) in [6, 6.07) is 6.21. The van der Waals surface area contributed by atoms with Gasteiger partial charge in [-0.05, 0) is 37.8 Å². The Kier molecular flexibility index (Phi) is 5.82. The van der Waals surface area contributed by atoms with Crippen LogP contribution >= 0.6 is 0 Å². The fourth-order valence-corrected chi connectivity index (χ4v) is 2.62. The molecule has 0 bridgehead atoms. The first-order valence-electron chi connectivity index (χ1n) is 7.39. The Morgan fingerprint density at radius 3 is 2.89 bits per heavy atom. The second-order valence-corrected chi connectivity index (χ2v) is 5.25. The Balaban J connectivity index is 1.55. The second-order valence-electron chi connectivity index (χ2n) is 5.25. The maximum Gasteiger partial charge on any atom is 0.269 e. The van der Waals surface area contributed by atoms with Crippen LogP contribution in [0.4, 0.5) is 0 Å². The Bertz CT molecular complexity index is 374. The standard InChI is InChI=1S/C15H23N3O/c19-15(14-9-4-5-10-17-14)18-12-6-11-16-13-7-2-1-3-8-13/h4-5,9-10,13,16H,1-3,6-8,11-12H2,(H,18,19)/p+1. The summed E-state index contributed by atoms with van der Waals surface area (Å²) in [7, 11) is 0. The van der Waals surface area contributed by atoms with E-state index in [1.54, 1.807) is 12.3 Å². The molecule has 1 fully saturated rings. The zero-order chi connectivity index (χ0) is 13.3. The van der Waals surface area contributed by atoms with Crippen molar-refractivity contribution < 1.29 is 10.1 Å². The van der Waals surface area contributed by atoms with Crippen LogP contribution in [0.5, 0.6) is 0 Å². The molecule has 1 aliphatic rings. The van der Waals surface area contributed by atoms with Gasteiger partial charge in [0.2, 0.25) is 0 Å². The summed E-state index contributed by atoms with van der Waals surface area (Å²) in [5.74, 6) is -0.0710. The van der Waals surface area contributed by atoms with Crippen molar-refractivity contribution in [1.29, 1.82) is 0 Å². The van der Waals surface area contributed by atoms with E-state index in [9.17, 15) is 4.79 Å². The molecular weight excluding hydrogens is 238 g/mol. The molecule has 4 nitrogen and oxygen atoms in total. The molecule has 1 aromatic heterocycles. The molecule has 0 atom stereocenters. The number of amides is 1. The number of rotatable bonds is 6. The van der Waals surface area contributed by atoms with E-state index in [0.29, 0.717) is 5.69 Å². The molecule has 0 radical (unpaired) electrons. The van der Waals surface area contributed by atoms with Gasteiger partial charge < -0.3 is 10.6 Å². The Hall–Kier alpha value is -1.42. The second kappa shape index (κ2) is 7.89. The number of nitrogens with one attached hydrogen (secondary N) is 1. The molecule has 0 saturated heterocycles. The first-order chi connectivity index (χ1) is 9.36. The molecule has 0 spiro atoms. The third-order valence-electron chi connectivity index (χ3n) is 3.71. The lowest BCUT2D eigenvalue weighted by atomic mass is 9.95. The lowest BCUT2D eigenvalue weighted by Crippen LogP contribution is -2.90. The third-order valence-corrected chi connectivity index (χ3v) is 3.71. The Morgan fingerprint density at radius 1 is 1.32 bits per heavy atom. The van der Waals surface area contributed by atoms with E-state index in [0.717, 1.165) is 25.6 Å². The van der Waals surface area contributed by atoms with Crippen LogP contribution in [0.25, 0.3) is 0 Å². The first-order valence-corrected chi connectivity index (χ1v) is 7.39. The topological polar surface area (TPSA) is 58.6 Å². The quantitative estimate of drug-likeness (QED) is 0.754. The fraction of sp³-hybridized carbons (Fsp3) is 0.600. The van der Waals surface area contributed by atoms with Crippen LogP contribution in [0.1, 0.15) is 49.0 Å². The van der Waals surface area contributed by atoms with E-state index in [1.807, 2.05) is 12.1 Å². The van der Waals surface area contributed by atoms with Gasteiger partial charge in [0.15, 0.2) is 0 Å². The van der Waals surface area contributed by atoms with Crippen molar-refractivity contribution in [3.8, 4) is 0 Å². The number of hydrogen-bond acceptors (Lipinski definition) is 2. The number of carbonyl (C=O) groups is 1. The molecule has 1 amide bonds. The summed E-state index contributed by atoms with van der Waals surface area (Å²) in [6.07, 6.45) is 9.57. The van der Waals surface area contributed by atoms with E-state index in [1.165, 1.54) is 32.1 Å². The van der Waals surface area contributed by atoms with Crippen molar-refractivity contribution in [1.82, 2.24) is 10.3 Å². The van der Waals surface area contributed by atoms with Crippen LogP contribution in [0.3, 0.4) is 0 Å². The fourth-order valence-electron chi connectivity index (χ4n) is 2.62. The van der Waals surface area contributed by atoms with Gasteiger partial charge in [-0.2, -0.15) is 0 Å². The number of pyridine rings is 1.